The van der Waals surface area contributed by atoms with Crippen molar-refractivity contribution in [3.8, 4) is 21.8 Å². The molecular formula is C25H20N2O2S. The minimum absolute atomic E-state index is 0.0675. The fraction of sp³-hybridized carbons (Fsp3) is 0.160. The normalized spacial score (nSPS) is 15.8. The van der Waals surface area contributed by atoms with Crippen LogP contribution >= 0.6 is 11.3 Å². The fourth-order valence-corrected chi connectivity index (χ4v) is 4.85. The monoisotopic (exact) mass is 412 g/mol. The van der Waals surface area contributed by atoms with Crippen LogP contribution in [0, 0.1) is 6.92 Å². The first-order chi connectivity index (χ1) is 14.6. The van der Waals surface area contributed by atoms with E-state index in [0.29, 0.717) is 29.0 Å². The third-order valence-corrected chi connectivity index (χ3v) is 6.53. The van der Waals surface area contributed by atoms with E-state index in [-0.39, 0.29) is 17.3 Å². The Hall–Kier alpha value is -3.31. The van der Waals surface area contributed by atoms with E-state index in [1.54, 1.807) is 6.07 Å². The van der Waals surface area contributed by atoms with Gasteiger partial charge in [-0.15, -0.1) is 11.3 Å². The highest BCUT2D eigenvalue weighted by molar-refractivity contribution is 7.13. The molecule has 30 heavy (non-hydrogen) atoms. The molecule has 5 heteroatoms. The fourth-order valence-electron chi connectivity index (χ4n) is 4.00. The standard InChI is InChI=1S/C25H20N2O2S/c1-15-7-9-17(10-8-15)22-14-30-25(27-22)20-13-19-21(26-24(20)29)11-18(12-23(19)28)16-5-3-2-4-6-16/h2-10,13-14,18H,11-12H2,1H3,(H,26,29)/t18-/m0/s1. The highest BCUT2D eigenvalue weighted by atomic mass is 32.1. The summed E-state index contributed by atoms with van der Waals surface area (Å²) in [5.41, 5.74) is 5.77. The highest BCUT2D eigenvalue weighted by Gasteiger charge is 2.28. The van der Waals surface area contributed by atoms with Gasteiger partial charge in [0.1, 0.15) is 5.01 Å². The summed E-state index contributed by atoms with van der Waals surface area (Å²) in [6.45, 7) is 2.04. The number of H-pyrrole nitrogens is 1. The number of Topliss-reactive ketones (excluding diaryl/α,β-unsaturated/α-hetero) is 1. The van der Waals surface area contributed by atoms with Crippen LogP contribution in [0.4, 0.5) is 0 Å². The quantitative estimate of drug-likeness (QED) is 0.491. The largest absolute Gasteiger partial charge is 0.325 e. The molecule has 2 aromatic heterocycles. The Morgan fingerprint density at radius 3 is 2.50 bits per heavy atom. The van der Waals surface area contributed by atoms with Gasteiger partial charge >= 0.3 is 0 Å². The number of nitrogens with one attached hydrogen (secondary N) is 1. The third kappa shape index (κ3) is 3.42. The minimum atomic E-state index is -0.194. The van der Waals surface area contributed by atoms with E-state index in [9.17, 15) is 9.59 Å². The van der Waals surface area contributed by atoms with Crippen LogP contribution in [-0.4, -0.2) is 15.8 Å². The summed E-state index contributed by atoms with van der Waals surface area (Å²) in [6.07, 6.45) is 1.11. The minimum Gasteiger partial charge on any atom is -0.325 e. The Bertz CT molecular complexity index is 1290. The van der Waals surface area contributed by atoms with Crippen molar-refractivity contribution >= 4 is 17.1 Å². The smallest absolute Gasteiger partial charge is 0.258 e. The van der Waals surface area contributed by atoms with Gasteiger partial charge in [0.15, 0.2) is 5.78 Å². The first-order valence-corrected chi connectivity index (χ1v) is 10.8. The van der Waals surface area contributed by atoms with E-state index >= 15 is 0 Å². The molecule has 2 heterocycles. The Morgan fingerprint density at radius 1 is 0.967 bits per heavy atom. The molecule has 1 N–H and O–H groups in total. The number of ketones is 1. The molecule has 0 bridgehead atoms. The van der Waals surface area contributed by atoms with Gasteiger partial charge < -0.3 is 4.98 Å². The molecule has 0 spiro atoms. The molecule has 0 fully saturated rings. The summed E-state index contributed by atoms with van der Waals surface area (Å²) in [5, 5.41) is 2.58. The summed E-state index contributed by atoms with van der Waals surface area (Å²) in [7, 11) is 0. The van der Waals surface area contributed by atoms with Crippen molar-refractivity contribution in [3.63, 3.8) is 0 Å². The van der Waals surface area contributed by atoms with Crippen molar-refractivity contribution < 1.29 is 4.79 Å². The van der Waals surface area contributed by atoms with Crippen LogP contribution in [0.1, 0.15) is 39.5 Å². The van der Waals surface area contributed by atoms with E-state index in [0.717, 1.165) is 22.5 Å². The van der Waals surface area contributed by atoms with Crippen molar-refractivity contribution in [1.82, 2.24) is 9.97 Å². The van der Waals surface area contributed by atoms with Crippen LogP contribution in [0.5, 0.6) is 0 Å². The molecule has 4 nitrogen and oxygen atoms in total. The average Bonchev–Trinajstić information content (AvgIpc) is 3.24. The summed E-state index contributed by atoms with van der Waals surface area (Å²) < 4.78 is 0. The SMILES string of the molecule is Cc1ccc(-c2csc(-c3cc4c([nH]c3=O)C[C@H](c3ccccc3)CC4=O)n2)cc1. The Kier molecular flexibility index (Phi) is 4.68. The molecule has 1 aliphatic rings. The van der Waals surface area contributed by atoms with Crippen LogP contribution in [-0.2, 0) is 6.42 Å². The maximum Gasteiger partial charge on any atom is 0.258 e. The number of aromatic amines is 1. The number of hydrogen-bond donors (Lipinski definition) is 1. The van der Waals surface area contributed by atoms with Gasteiger partial charge in [-0.25, -0.2) is 4.98 Å². The number of thiazole rings is 1. The van der Waals surface area contributed by atoms with Crippen LogP contribution < -0.4 is 5.56 Å². The van der Waals surface area contributed by atoms with Crippen LogP contribution in [0.2, 0.25) is 0 Å². The van der Waals surface area contributed by atoms with Gasteiger partial charge in [0, 0.05) is 28.6 Å². The Balaban J connectivity index is 1.49. The molecule has 0 unspecified atom stereocenters. The maximum atomic E-state index is 12.9. The Morgan fingerprint density at radius 2 is 1.73 bits per heavy atom. The molecule has 2 aromatic carbocycles. The number of fused-ring (bicyclic) bond motifs is 1. The number of aryl methyl sites for hydroxylation is 1. The number of carbonyl (C=O) groups excluding carboxylic acids is 1. The third-order valence-electron chi connectivity index (χ3n) is 5.66. The average molecular weight is 413 g/mol. The summed E-state index contributed by atoms with van der Waals surface area (Å²) in [4.78, 5) is 33.4. The number of hydrogen-bond acceptors (Lipinski definition) is 4. The zero-order valence-electron chi connectivity index (χ0n) is 16.5. The second kappa shape index (κ2) is 7.50. The predicted octanol–water partition coefficient (Wildman–Crippen LogP) is 5.39. The number of rotatable bonds is 3. The molecule has 1 aliphatic carbocycles. The van der Waals surface area contributed by atoms with E-state index in [4.69, 9.17) is 0 Å². The number of benzene rings is 2. The molecule has 0 saturated carbocycles. The second-order valence-corrected chi connectivity index (χ2v) is 8.61. The number of nitrogens with zero attached hydrogens (tertiary/aromatic N) is 1. The lowest BCUT2D eigenvalue weighted by molar-refractivity contribution is 0.0963. The molecule has 4 aromatic rings. The van der Waals surface area contributed by atoms with Gasteiger partial charge in [0.25, 0.3) is 5.56 Å². The van der Waals surface area contributed by atoms with Crippen LogP contribution in [0.3, 0.4) is 0 Å². The van der Waals surface area contributed by atoms with Crippen molar-refractivity contribution in [2.75, 3.05) is 0 Å². The first kappa shape index (κ1) is 18.7. The number of carbonyl (C=O) groups is 1. The van der Waals surface area contributed by atoms with Crippen molar-refractivity contribution in [3.05, 3.63) is 98.8 Å². The van der Waals surface area contributed by atoms with Gasteiger partial charge in [0.2, 0.25) is 0 Å². The lowest BCUT2D eigenvalue weighted by atomic mass is 9.81. The summed E-state index contributed by atoms with van der Waals surface area (Å²) in [6, 6.07) is 19.9. The van der Waals surface area contributed by atoms with Gasteiger partial charge in [-0.05, 0) is 30.9 Å². The van der Waals surface area contributed by atoms with Crippen molar-refractivity contribution in [2.45, 2.75) is 25.7 Å². The molecule has 5 rings (SSSR count). The summed E-state index contributed by atoms with van der Waals surface area (Å²) >= 11 is 1.42. The molecule has 0 aliphatic heterocycles. The van der Waals surface area contributed by atoms with E-state index in [1.165, 1.54) is 16.9 Å². The number of aromatic nitrogens is 2. The van der Waals surface area contributed by atoms with Gasteiger partial charge in [-0.2, -0.15) is 0 Å². The lowest BCUT2D eigenvalue weighted by Crippen LogP contribution is -2.24. The van der Waals surface area contributed by atoms with Gasteiger partial charge in [-0.3, -0.25) is 9.59 Å². The molecular weight excluding hydrogens is 392 g/mol. The number of pyridine rings is 1. The van der Waals surface area contributed by atoms with Crippen molar-refractivity contribution in [2.24, 2.45) is 0 Å². The van der Waals surface area contributed by atoms with E-state index < -0.39 is 0 Å². The van der Waals surface area contributed by atoms with E-state index in [2.05, 4.69) is 9.97 Å². The van der Waals surface area contributed by atoms with Gasteiger partial charge in [-0.1, -0.05) is 60.2 Å². The molecule has 0 amide bonds. The predicted molar refractivity (Wildman–Crippen MR) is 120 cm³/mol. The summed E-state index contributed by atoms with van der Waals surface area (Å²) in [5.74, 6) is 0.165. The second-order valence-electron chi connectivity index (χ2n) is 7.75. The maximum absolute atomic E-state index is 12.9. The van der Waals surface area contributed by atoms with Crippen LogP contribution in [0.15, 0.2) is 70.8 Å². The lowest BCUT2D eigenvalue weighted by Gasteiger charge is -2.24. The van der Waals surface area contributed by atoms with Crippen LogP contribution in [0.25, 0.3) is 21.8 Å². The van der Waals surface area contributed by atoms with E-state index in [1.807, 2.05) is 66.9 Å². The zero-order valence-corrected chi connectivity index (χ0v) is 17.3. The molecule has 0 radical (unpaired) electrons. The molecule has 0 saturated heterocycles. The Labute approximate surface area is 178 Å². The van der Waals surface area contributed by atoms with Crippen molar-refractivity contribution in [1.29, 1.82) is 0 Å². The topological polar surface area (TPSA) is 62.8 Å². The zero-order chi connectivity index (χ0) is 20.7. The highest BCUT2D eigenvalue weighted by Crippen LogP contribution is 2.33. The first-order valence-electron chi connectivity index (χ1n) is 9.96. The van der Waals surface area contributed by atoms with Gasteiger partial charge in [0.05, 0.1) is 11.3 Å². The molecule has 148 valence electrons. The molecule has 1 atom stereocenters.